The lowest BCUT2D eigenvalue weighted by atomic mass is 10.5. The van der Waals surface area contributed by atoms with Crippen molar-refractivity contribution in [3.05, 3.63) is 0 Å². The van der Waals surface area contributed by atoms with Crippen molar-refractivity contribution in [1.82, 2.24) is 0 Å². The van der Waals surface area contributed by atoms with Gasteiger partial charge in [-0.2, -0.15) is 23.5 Å². The summed E-state index contributed by atoms with van der Waals surface area (Å²) < 4.78 is 11.1. The lowest BCUT2D eigenvalue weighted by molar-refractivity contribution is 0.126. The van der Waals surface area contributed by atoms with E-state index >= 15 is 0 Å². The summed E-state index contributed by atoms with van der Waals surface area (Å²) in [7, 11) is 0. The topological polar surface area (TPSA) is 21.8 Å². The SMILES string of the molecule is CCCOCCC1O[S+]1CCSCCSCC. The average Bonchev–Trinajstić information content (AvgIpc) is 3.08. The van der Waals surface area contributed by atoms with Crippen LogP contribution < -0.4 is 0 Å². The van der Waals surface area contributed by atoms with E-state index in [9.17, 15) is 0 Å². The maximum Gasteiger partial charge on any atom is 0.301 e. The smallest absolute Gasteiger partial charge is 0.301 e. The van der Waals surface area contributed by atoms with E-state index in [-0.39, 0.29) is 11.2 Å². The van der Waals surface area contributed by atoms with Gasteiger partial charge in [-0.3, -0.25) is 0 Å². The minimum atomic E-state index is 0.276. The first kappa shape index (κ1) is 16.0. The largest absolute Gasteiger partial charge is 0.381 e. The molecular weight excluding hydrogens is 272 g/mol. The van der Waals surface area contributed by atoms with E-state index in [1.165, 1.54) is 28.8 Å². The van der Waals surface area contributed by atoms with Crippen LogP contribution >= 0.6 is 23.5 Å². The second-order valence-corrected chi connectivity index (χ2v) is 8.33. The van der Waals surface area contributed by atoms with Crippen LogP contribution in [0.2, 0.25) is 0 Å². The fourth-order valence-corrected chi connectivity index (χ4v) is 5.18. The van der Waals surface area contributed by atoms with Crippen LogP contribution in [0.1, 0.15) is 26.7 Å². The summed E-state index contributed by atoms with van der Waals surface area (Å²) in [6, 6.07) is 0. The van der Waals surface area contributed by atoms with Gasteiger partial charge in [0.15, 0.2) is 16.9 Å². The maximum absolute atomic E-state index is 5.65. The minimum absolute atomic E-state index is 0.276. The molecule has 0 amide bonds. The Labute approximate surface area is 118 Å². The molecule has 0 bridgehead atoms. The molecule has 0 aromatic rings. The Balaban J connectivity index is 1.78. The Hall–Kier alpha value is 0.970. The van der Waals surface area contributed by atoms with Crippen molar-refractivity contribution in [1.29, 1.82) is 0 Å². The third-order valence-electron chi connectivity index (χ3n) is 2.34. The predicted octanol–water partition coefficient (Wildman–Crippen LogP) is 3.18. The molecule has 1 rings (SSSR count). The first-order valence-electron chi connectivity index (χ1n) is 6.48. The molecule has 1 heterocycles. The van der Waals surface area contributed by atoms with Crippen LogP contribution in [0.25, 0.3) is 0 Å². The molecule has 0 aromatic heterocycles. The predicted molar refractivity (Wildman–Crippen MR) is 83.2 cm³/mol. The monoisotopic (exact) mass is 297 g/mol. The Morgan fingerprint density at radius 1 is 1.12 bits per heavy atom. The fraction of sp³-hybridized carbons (Fsp3) is 1.00. The number of rotatable bonds is 12. The molecule has 102 valence electrons. The standard InChI is InChI=1S/C12H25O2S3/c1-3-6-13-7-5-12-14-17(12)11-10-16-9-8-15-4-2/h12H,3-11H2,1-2H3/q+1. The Morgan fingerprint density at radius 3 is 2.71 bits per heavy atom. The zero-order valence-electron chi connectivity index (χ0n) is 11.0. The van der Waals surface area contributed by atoms with Crippen LogP contribution in [-0.4, -0.2) is 47.4 Å². The zero-order valence-corrected chi connectivity index (χ0v) is 13.4. The molecule has 0 spiro atoms. The summed E-state index contributed by atoms with van der Waals surface area (Å²) in [5, 5.41) is 0. The fourth-order valence-electron chi connectivity index (χ4n) is 1.41. The van der Waals surface area contributed by atoms with Crippen molar-refractivity contribution >= 4 is 34.7 Å². The molecule has 0 aromatic carbocycles. The molecule has 2 unspecified atom stereocenters. The van der Waals surface area contributed by atoms with Gasteiger partial charge in [0.1, 0.15) is 0 Å². The lowest BCUT2D eigenvalue weighted by Gasteiger charge is -1.97. The highest BCUT2D eigenvalue weighted by molar-refractivity contribution is 8.04. The van der Waals surface area contributed by atoms with Crippen molar-refractivity contribution in [2.75, 3.05) is 42.0 Å². The Bertz CT molecular complexity index is 181. The molecule has 1 fully saturated rings. The number of ether oxygens (including phenoxy) is 1. The summed E-state index contributed by atoms with van der Waals surface area (Å²) in [5.41, 5.74) is 0.525. The Kier molecular flexibility index (Phi) is 10.2. The van der Waals surface area contributed by atoms with E-state index in [1.54, 1.807) is 0 Å². The zero-order chi connectivity index (χ0) is 12.3. The normalized spacial score (nSPS) is 22.9. The molecule has 0 radical (unpaired) electrons. The van der Waals surface area contributed by atoms with Gasteiger partial charge in [-0.05, 0) is 12.2 Å². The van der Waals surface area contributed by atoms with Crippen LogP contribution in [0, 0.1) is 0 Å². The average molecular weight is 298 g/mol. The second-order valence-electron chi connectivity index (χ2n) is 3.82. The van der Waals surface area contributed by atoms with E-state index in [0.717, 1.165) is 26.1 Å². The van der Waals surface area contributed by atoms with Crippen molar-refractivity contribution in [2.24, 2.45) is 0 Å². The van der Waals surface area contributed by atoms with E-state index in [0.29, 0.717) is 5.44 Å². The molecular formula is C12H25O2S3+. The summed E-state index contributed by atoms with van der Waals surface area (Å²) in [5.74, 6) is 6.34. The van der Waals surface area contributed by atoms with E-state index < -0.39 is 0 Å². The van der Waals surface area contributed by atoms with Gasteiger partial charge in [0.2, 0.25) is 0 Å². The number of hydrogen-bond acceptors (Lipinski definition) is 4. The second kappa shape index (κ2) is 10.9. The minimum Gasteiger partial charge on any atom is -0.381 e. The van der Waals surface area contributed by atoms with Crippen LogP contribution in [0.4, 0.5) is 0 Å². The summed E-state index contributed by atoms with van der Waals surface area (Å²) in [4.78, 5) is 0. The van der Waals surface area contributed by atoms with Crippen molar-refractivity contribution < 1.29 is 8.92 Å². The highest BCUT2D eigenvalue weighted by Crippen LogP contribution is 2.31. The Morgan fingerprint density at radius 2 is 1.94 bits per heavy atom. The third-order valence-corrected chi connectivity index (χ3v) is 6.56. The third kappa shape index (κ3) is 8.65. The number of thioether (sulfide) groups is 2. The van der Waals surface area contributed by atoms with Gasteiger partial charge >= 0.3 is 5.44 Å². The summed E-state index contributed by atoms with van der Waals surface area (Å²) >= 11 is 4.38. The van der Waals surface area contributed by atoms with Gasteiger partial charge in [0, 0.05) is 23.9 Å². The molecule has 17 heavy (non-hydrogen) atoms. The van der Waals surface area contributed by atoms with Crippen molar-refractivity contribution in [3.63, 3.8) is 0 Å². The van der Waals surface area contributed by atoms with E-state index in [1.807, 2.05) is 11.8 Å². The molecule has 0 aliphatic carbocycles. The van der Waals surface area contributed by atoms with Crippen LogP contribution in [-0.2, 0) is 20.1 Å². The summed E-state index contributed by atoms with van der Waals surface area (Å²) in [6.45, 7) is 6.14. The molecule has 2 nitrogen and oxygen atoms in total. The highest BCUT2D eigenvalue weighted by Gasteiger charge is 2.53. The highest BCUT2D eigenvalue weighted by atomic mass is 32.2. The molecule has 1 aliphatic heterocycles. The quantitative estimate of drug-likeness (QED) is 0.313. The maximum atomic E-state index is 5.65. The van der Waals surface area contributed by atoms with Gasteiger partial charge in [0.25, 0.3) is 0 Å². The number of hydrogen-bond donors (Lipinski definition) is 0. The van der Waals surface area contributed by atoms with Gasteiger partial charge < -0.3 is 4.74 Å². The van der Waals surface area contributed by atoms with E-state index in [2.05, 4.69) is 25.6 Å². The first-order chi connectivity index (χ1) is 8.38. The first-order valence-corrected chi connectivity index (χ1v) is 10.2. The van der Waals surface area contributed by atoms with Crippen LogP contribution in [0.15, 0.2) is 0 Å². The van der Waals surface area contributed by atoms with Gasteiger partial charge in [-0.25, -0.2) is 0 Å². The van der Waals surface area contributed by atoms with Crippen LogP contribution in [0.3, 0.4) is 0 Å². The molecule has 0 N–H and O–H groups in total. The summed E-state index contributed by atoms with van der Waals surface area (Å²) in [6.07, 6.45) is 2.21. The van der Waals surface area contributed by atoms with Crippen LogP contribution in [0.5, 0.6) is 0 Å². The van der Waals surface area contributed by atoms with Crippen molar-refractivity contribution in [3.8, 4) is 0 Å². The van der Waals surface area contributed by atoms with E-state index in [4.69, 9.17) is 8.92 Å². The molecule has 1 aliphatic rings. The molecule has 2 atom stereocenters. The van der Waals surface area contributed by atoms with Gasteiger partial charge in [0.05, 0.1) is 13.0 Å². The van der Waals surface area contributed by atoms with Gasteiger partial charge in [-0.15, -0.1) is 4.18 Å². The molecule has 1 saturated heterocycles. The molecule has 0 saturated carbocycles. The lowest BCUT2D eigenvalue weighted by Crippen LogP contribution is -2.03. The molecule has 5 heteroatoms. The van der Waals surface area contributed by atoms with Crippen molar-refractivity contribution in [2.45, 2.75) is 32.1 Å². The van der Waals surface area contributed by atoms with Gasteiger partial charge in [-0.1, -0.05) is 13.8 Å².